The fraction of sp³-hybridized carbons (Fsp3) is 0.500. The fourth-order valence-electron chi connectivity index (χ4n) is 2.02. The Morgan fingerprint density at radius 1 is 1.25 bits per heavy atom. The van der Waals surface area contributed by atoms with Crippen molar-refractivity contribution in [2.45, 2.75) is 40.2 Å². The van der Waals surface area contributed by atoms with E-state index in [0.717, 1.165) is 12.0 Å². The van der Waals surface area contributed by atoms with E-state index in [1.54, 1.807) is 17.9 Å². The minimum atomic E-state index is -0.879. The first-order valence-electron chi connectivity index (χ1n) is 6.97. The number of benzene rings is 1. The predicted molar refractivity (Wildman–Crippen MR) is 78.8 cm³/mol. The molecule has 0 saturated heterocycles. The summed E-state index contributed by atoms with van der Waals surface area (Å²) in [5, 5.41) is 9.05. The van der Waals surface area contributed by atoms with Gasteiger partial charge in [-0.2, -0.15) is 0 Å². The second-order valence-electron chi connectivity index (χ2n) is 5.27. The molecule has 0 radical (unpaired) electrons. The van der Waals surface area contributed by atoms with Gasteiger partial charge in [0.15, 0.2) is 0 Å². The zero-order chi connectivity index (χ0) is 15.3. The lowest BCUT2D eigenvalue weighted by atomic mass is 10.0. The van der Waals surface area contributed by atoms with Gasteiger partial charge in [0.25, 0.3) is 5.91 Å². The van der Waals surface area contributed by atoms with Gasteiger partial charge in [-0.05, 0) is 31.9 Å². The third-order valence-corrected chi connectivity index (χ3v) is 3.65. The molecule has 0 aliphatic rings. The summed E-state index contributed by atoms with van der Waals surface area (Å²) in [6.45, 7) is 7.70. The predicted octanol–water partition coefficient (Wildman–Crippen LogP) is 2.96. The average Bonchev–Trinajstić information content (AvgIpc) is 2.43. The number of amides is 1. The smallest absolute Gasteiger partial charge is 0.308 e. The van der Waals surface area contributed by atoms with E-state index in [9.17, 15) is 9.59 Å². The Bertz CT molecular complexity index is 484. The molecule has 2 atom stereocenters. The molecule has 1 aromatic rings. The second-order valence-corrected chi connectivity index (χ2v) is 5.27. The van der Waals surface area contributed by atoms with Gasteiger partial charge in [0, 0.05) is 18.2 Å². The Morgan fingerprint density at radius 2 is 1.85 bits per heavy atom. The molecule has 0 fully saturated rings. The van der Waals surface area contributed by atoms with Crippen LogP contribution >= 0.6 is 0 Å². The summed E-state index contributed by atoms with van der Waals surface area (Å²) in [5.41, 5.74) is 1.55. The first-order valence-corrected chi connectivity index (χ1v) is 6.97. The van der Waals surface area contributed by atoms with E-state index < -0.39 is 11.9 Å². The molecule has 4 nitrogen and oxygen atoms in total. The van der Waals surface area contributed by atoms with Crippen LogP contribution < -0.4 is 0 Å². The van der Waals surface area contributed by atoms with E-state index >= 15 is 0 Å². The molecule has 0 saturated carbocycles. The topological polar surface area (TPSA) is 57.6 Å². The number of carbonyl (C=O) groups is 2. The molecular weight excluding hydrogens is 254 g/mol. The fourth-order valence-corrected chi connectivity index (χ4v) is 2.02. The van der Waals surface area contributed by atoms with Crippen molar-refractivity contribution in [3.05, 3.63) is 35.4 Å². The third-order valence-electron chi connectivity index (χ3n) is 3.65. The number of hydrogen-bond donors (Lipinski definition) is 1. The highest BCUT2D eigenvalue weighted by Gasteiger charge is 2.25. The zero-order valence-electron chi connectivity index (χ0n) is 12.6. The summed E-state index contributed by atoms with van der Waals surface area (Å²) in [5.74, 6) is -1.54. The van der Waals surface area contributed by atoms with Gasteiger partial charge in [-0.15, -0.1) is 0 Å². The number of carboxylic acid groups (broad SMARTS) is 1. The van der Waals surface area contributed by atoms with Crippen molar-refractivity contribution >= 4 is 11.9 Å². The number of nitrogens with zero attached hydrogens (tertiary/aromatic N) is 1. The van der Waals surface area contributed by atoms with Crippen LogP contribution in [0.1, 0.15) is 43.1 Å². The minimum Gasteiger partial charge on any atom is -0.481 e. The van der Waals surface area contributed by atoms with Crippen molar-refractivity contribution in [1.29, 1.82) is 0 Å². The minimum absolute atomic E-state index is 0.0175. The normalized spacial score (nSPS) is 13.6. The number of aryl methyl sites for hydroxylation is 1. The van der Waals surface area contributed by atoms with Crippen LogP contribution in [0.3, 0.4) is 0 Å². The van der Waals surface area contributed by atoms with Gasteiger partial charge >= 0.3 is 5.97 Å². The van der Waals surface area contributed by atoms with Gasteiger partial charge in [0.05, 0.1) is 5.92 Å². The Labute approximate surface area is 120 Å². The molecule has 0 aliphatic heterocycles. The van der Waals surface area contributed by atoms with Gasteiger partial charge in [-0.1, -0.05) is 32.0 Å². The molecule has 20 heavy (non-hydrogen) atoms. The Morgan fingerprint density at radius 3 is 2.35 bits per heavy atom. The number of rotatable bonds is 6. The van der Waals surface area contributed by atoms with Gasteiger partial charge in [-0.3, -0.25) is 9.59 Å². The number of carbonyl (C=O) groups excluding carboxylic acids is 1. The van der Waals surface area contributed by atoms with Crippen LogP contribution in [0.15, 0.2) is 24.3 Å². The molecule has 0 bridgehead atoms. The highest BCUT2D eigenvalue weighted by molar-refractivity contribution is 5.96. The maximum Gasteiger partial charge on any atom is 0.308 e. The lowest BCUT2D eigenvalue weighted by Gasteiger charge is -2.30. The maximum atomic E-state index is 12.7. The number of hydrogen-bond acceptors (Lipinski definition) is 2. The van der Waals surface area contributed by atoms with Crippen molar-refractivity contribution in [2.75, 3.05) is 6.54 Å². The third kappa shape index (κ3) is 3.83. The average molecular weight is 277 g/mol. The monoisotopic (exact) mass is 277 g/mol. The lowest BCUT2D eigenvalue weighted by Crippen LogP contribution is -2.42. The summed E-state index contributed by atoms with van der Waals surface area (Å²) in [6.07, 6.45) is 0.796. The summed E-state index contributed by atoms with van der Waals surface area (Å²) in [4.78, 5) is 25.4. The van der Waals surface area contributed by atoms with E-state index in [4.69, 9.17) is 5.11 Å². The van der Waals surface area contributed by atoms with E-state index in [2.05, 4.69) is 0 Å². The first kappa shape index (κ1) is 16.2. The first-order chi connectivity index (χ1) is 9.38. The maximum absolute atomic E-state index is 12.7. The Hall–Kier alpha value is -1.84. The van der Waals surface area contributed by atoms with Crippen LogP contribution in [0.2, 0.25) is 0 Å². The summed E-state index contributed by atoms with van der Waals surface area (Å²) >= 11 is 0. The quantitative estimate of drug-likeness (QED) is 0.869. The van der Waals surface area contributed by atoms with Crippen molar-refractivity contribution < 1.29 is 14.7 Å². The molecule has 0 heterocycles. The van der Waals surface area contributed by atoms with Gasteiger partial charge in [0.2, 0.25) is 0 Å². The van der Waals surface area contributed by atoms with Crippen LogP contribution in [0.4, 0.5) is 0 Å². The van der Waals surface area contributed by atoms with Crippen molar-refractivity contribution in [1.82, 2.24) is 4.90 Å². The second kappa shape index (κ2) is 7.08. The molecular formula is C16H23NO3. The summed E-state index contributed by atoms with van der Waals surface area (Å²) < 4.78 is 0. The molecule has 2 unspecified atom stereocenters. The summed E-state index contributed by atoms with van der Waals surface area (Å²) in [6, 6.07) is 7.42. The van der Waals surface area contributed by atoms with Crippen LogP contribution in [-0.4, -0.2) is 34.5 Å². The van der Waals surface area contributed by atoms with Crippen LogP contribution in [0.5, 0.6) is 0 Å². The van der Waals surface area contributed by atoms with Gasteiger partial charge in [-0.25, -0.2) is 0 Å². The highest BCUT2D eigenvalue weighted by Crippen LogP contribution is 2.16. The molecule has 1 amide bonds. The molecule has 1 rings (SSSR count). The number of carboxylic acids is 1. The van der Waals surface area contributed by atoms with E-state index in [1.807, 2.05) is 39.0 Å². The largest absolute Gasteiger partial charge is 0.481 e. The van der Waals surface area contributed by atoms with E-state index in [-0.39, 0.29) is 18.5 Å². The standard InChI is InChI=1S/C16H23NO3/c1-5-13(4)17(10-12(3)16(19)20)15(18)14-9-7-6-8-11(14)2/h6-9,12-13H,5,10H2,1-4H3,(H,19,20). The molecule has 4 heteroatoms. The summed E-state index contributed by atoms with van der Waals surface area (Å²) in [7, 11) is 0. The molecule has 0 aliphatic carbocycles. The van der Waals surface area contributed by atoms with Crippen LogP contribution in [0.25, 0.3) is 0 Å². The zero-order valence-corrected chi connectivity index (χ0v) is 12.6. The van der Waals surface area contributed by atoms with Crippen LogP contribution in [0, 0.1) is 12.8 Å². The van der Waals surface area contributed by atoms with Crippen molar-refractivity contribution in [2.24, 2.45) is 5.92 Å². The Kier molecular flexibility index (Phi) is 5.74. The molecule has 0 spiro atoms. The van der Waals surface area contributed by atoms with E-state index in [1.165, 1.54) is 0 Å². The van der Waals surface area contributed by atoms with Crippen LogP contribution in [-0.2, 0) is 4.79 Å². The molecule has 0 aromatic heterocycles. The molecule has 1 N–H and O–H groups in total. The van der Waals surface area contributed by atoms with Gasteiger partial charge in [0.1, 0.15) is 0 Å². The van der Waals surface area contributed by atoms with Crippen molar-refractivity contribution in [3.8, 4) is 0 Å². The SMILES string of the molecule is CCC(C)N(CC(C)C(=O)O)C(=O)c1ccccc1C. The molecule has 110 valence electrons. The number of aliphatic carboxylic acids is 1. The van der Waals surface area contributed by atoms with Gasteiger partial charge < -0.3 is 10.0 Å². The lowest BCUT2D eigenvalue weighted by molar-refractivity contribution is -0.141. The highest BCUT2D eigenvalue weighted by atomic mass is 16.4. The van der Waals surface area contributed by atoms with E-state index in [0.29, 0.717) is 5.56 Å². The van der Waals surface area contributed by atoms with Crippen molar-refractivity contribution in [3.63, 3.8) is 0 Å². The Balaban J connectivity index is 3.02. The molecule has 1 aromatic carbocycles.